The third-order valence-corrected chi connectivity index (χ3v) is 3.15. The van der Waals surface area contributed by atoms with Crippen LogP contribution in [0.15, 0.2) is 12.2 Å². The van der Waals surface area contributed by atoms with Crippen molar-refractivity contribution in [3.05, 3.63) is 12.2 Å². The van der Waals surface area contributed by atoms with Crippen LogP contribution in [0.25, 0.3) is 0 Å². The van der Waals surface area contributed by atoms with Gasteiger partial charge >= 0.3 is 29.0 Å². The van der Waals surface area contributed by atoms with Crippen LogP contribution in [0.3, 0.4) is 0 Å². The van der Waals surface area contributed by atoms with Gasteiger partial charge in [-0.2, -0.15) is 0 Å². The van der Waals surface area contributed by atoms with Gasteiger partial charge in [0.1, 0.15) is 0 Å². The van der Waals surface area contributed by atoms with E-state index in [-0.39, 0.29) is 25.9 Å². The van der Waals surface area contributed by atoms with E-state index in [4.69, 9.17) is 5.11 Å². The number of carboxylic acids is 1. The van der Waals surface area contributed by atoms with Crippen molar-refractivity contribution in [2.75, 3.05) is 0 Å². The quantitative estimate of drug-likeness (QED) is 0.287. The minimum atomic E-state index is -0.666. The molecule has 19 heavy (non-hydrogen) atoms. The molecule has 0 fully saturated rings. The van der Waals surface area contributed by atoms with Crippen molar-refractivity contribution in [2.45, 2.75) is 84.0 Å². The molecule has 0 aromatic rings. The zero-order valence-electron chi connectivity index (χ0n) is 14.7. The van der Waals surface area contributed by atoms with Gasteiger partial charge in [0.2, 0.25) is 0 Å². The molecule has 0 spiro atoms. The van der Waals surface area contributed by atoms with Gasteiger partial charge in [-0.25, -0.2) is 0 Å². The molecule has 0 heterocycles. The van der Waals surface area contributed by atoms with E-state index in [2.05, 4.69) is 19.1 Å². The first-order valence-electron chi connectivity index (χ1n) is 7.64. The van der Waals surface area contributed by atoms with Gasteiger partial charge in [0.15, 0.2) is 0 Å². The summed E-state index contributed by atoms with van der Waals surface area (Å²) >= 11 is 0. The molecular formula is C16H32MgO2. The molecule has 1 N–H and O–H groups in total. The fraction of sp³-hybridized carbons (Fsp3) is 0.812. The molecule has 0 amide bonds. The monoisotopic (exact) mass is 280 g/mol. The summed E-state index contributed by atoms with van der Waals surface area (Å²) in [5, 5.41) is 8.48. The molecule has 0 radical (unpaired) electrons. The number of hydrogen-bond donors (Lipinski definition) is 1. The topological polar surface area (TPSA) is 37.3 Å². The predicted molar refractivity (Wildman–Crippen MR) is 85.8 cm³/mol. The average molecular weight is 281 g/mol. The van der Waals surface area contributed by atoms with E-state index in [1.165, 1.54) is 57.8 Å². The first-order chi connectivity index (χ1) is 8.77. The van der Waals surface area contributed by atoms with Crippen LogP contribution in [0.1, 0.15) is 86.8 Å². The molecule has 110 valence electrons. The summed E-state index contributed by atoms with van der Waals surface area (Å²) in [6, 6.07) is 0. The van der Waals surface area contributed by atoms with Gasteiger partial charge in [-0.3, -0.25) is 4.79 Å². The molecule has 0 saturated carbocycles. The van der Waals surface area contributed by atoms with Gasteiger partial charge in [-0.1, -0.05) is 57.6 Å². The van der Waals surface area contributed by atoms with Crippen LogP contribution in [0.5, 0.6) is 0 Å². The Bertz CT molecular complexity index is 224. The van der Waals surface area contributed by atoms with E-state index in [1.807, 2.05) is 0 Å². The Kier molecular flexibility index (Phi) is 20.1. The van der Waals surface area contributed by atoms with E-state index in [9.17, 15) is 4.79 Å². The molecule has 0 aliphatic rings. The number of unbranched alkanes of at least 4 members (excludes halogenated alkanes) is 9. The molecule has 0 aromatic heterocycles. The number of hydrogen-bond acceptors (Lipinski definition) is 1. The Morgan fingerprint density at radius 3 is 1.89 bits per heavy atom. The van der Waals surface area contributed by atoms with Crippen LogP contribution in [-0.4, -0.2) is 34.1 Å². The van der Waals surface area contributed by atoms with Crippen LogP contribution in [0.2, 0.25) is 0 Å². The maximum Gasteiger partial charge on any atom is 2.00 e. The van der Waals surface area contributed by atoms with Gasteiger partial charge in [-0.05, 0) is 32.1 Å². The fourth-order valence-corrected chi connectivity index (χ4v) is 1.99. The first kappa shape index (κ1) is 21.3. The fourth-order valence-electron chi connectivity index (χ4n) is 1.99. The van der Waals surface area contributed by atoms with E-state index < -0.39 is 5.97 Å². The number of carboxylic acid groups (broad SMARTS) is 1. The van der Waals surface area contributed by atoms with Crippen molar-refractivity contribution in [1.82, 2.24) is 0 Å². The minimum Gasteiger partial charge on any atom is -1.00 e. The maximum atomic E-state index is 10.3. The van der Waals surface area contributed by atoms with Crippen LogP contribution >= 0.6 is 0 Å². The zero-order chi connectivity index (χ0) is 13.5. The summed E-state index contributed by atoms with van der Waals surface area (Å²) in [4.78, 5) is 10.3. The summed E-state index contributed by atoms with van der Waals surface area (Å²) in [7, 11) is 0. The molecule has 0 aromatic carbocycles. The molecular weight excluding hydrogens is 248 g/mol. The molecule has 0 aliphatic heterocycles. The van der Waals surface area contributed by atoms with E-state index in [1.54, 1.807) is 0 Å². The summed E-state index contributed by atoms with van der Waals surface area (Å²) in [6.45, 7) is 2.24. The van der Waals surface area contributed by atoms with E-state index in [0.29, 0.717) is 6.42 Å². The molecule has 0 saturated heterocycles. The minimum absolute atomic E-state index is 0. The third kappa shape index (κ3) is 20.5. The normalized spacial score (nSPS) is 10.6. The van der Waals surface area contributed by atoms with Crippen molar-refractivity contribution in [3.8, 4) is 0 Å². The summed E-state index contributed by atoms with van der Waals surface area (Å²) < 4.78 is 0. The standard InChI is InChI=1S/C16H30O2.Mg.2H/c1-2-3-4-5-6-7-8-9-10-11-12-13-14-15-16(17)18;;;/h7-8H,2-6,9-15H2,1H3,(H,17,18);;;/q;+2;2*-1. The summed E-state index contributed by atoms with van der Waals surface area (Å²) in [5.41, 5.74) is 0. The predicted octanol–water partition coefficient (Wildman–Crippen LogP) is 5.17. The average Bonchev–Trinajstić information content (AvgIpc) is 2.34. The number of rotatable bonds is 13. The van der Waals surface area contributed by atoms with Crippen LogP contribution in [0, 0.1) is 0 Å². The van der Waals surface area contributed by atoms with E-state index in [0.717, 1.165) is 12.8 Å². The number of carbonyl (C=O) groups is 1. The zero-order valence-corrected chi connectivity index (χ0v) is 14.1. The van der Waals surface area contributed by atoms with Crippen molar-refractivity contribution in [2.24, 2.45) is 0 Å². The van der Waals surface area contributed by atoms with Gasteiger partial charge < -0.3 is 7.96 Å². The summed E-state index contributed by atoms with van der Waals surface area (Å²) in [6.07, 6.45) is 18.3. The second-order valence-corrected chi connectivity index (χ2v) is 5.02. The smallest absolute Gasteiger partial charge is 1.00 e. The Morgan fingerprint density at radius 2 is 1.37 bits per heavy atom. The van der Waals surface area contributed by atoms with Crippen LogP contribution in [0.4, 0.5) is 0 Å². The molecule has 0 unspecified atom stereocenters. The van der Waals surface area contributed by atoms with Crippen LogP contribution in [-0.2, 0) is 4.79 Å². The molecule has 0 aliphatic carbocycles. The van der Waals surface area contributed by atoms with Gasteiger partial charge in [-0.15, -0.1) is 0 Å². The first-order valence-corrected chi connectivity index (χ1v) is 7.64. The van der Waals surface area contributed by atoms with Crippen molar-refractivity contribution >= 4 is 29.0 Å². The Balaban J connectivity index is -0.000000482. The number of aliphatic carboxylic acids is 1. The largest absolute Gasteiger partial charge is 2.00 e. The maximum absolute atomic E-state index is 10.3. The Labute approximate surface area is 138 Å². The SMILES string of the molecule is CCCCCCC=CCCCCCCCC(=O)O.[H-].[H-].[Mg+2]. The van der Waals surface area contributed by atoms with E-state index >= 15 is 0 Å². The van der Waals surface area contributed by atoms with Crippen LogP contribution < -0.4 is 0 Å². The molecule has 2 nitrogen and oxygen atoms in total. The van der Waals surface area contributed by atoms with Crippen molar-refractivity contribution in [3.63, 3.8) is 0 Å². The third-order valence-electron chi connectivity index (χ3n) is 3.15. The molecule has 0 atom stereocenters. The summed E-state index contributed by atoms with van der Waals surface area (Å²) in [5.74, 6) is -0.666. The Morgan fingerprint density at radius 1 is 0.895 bits per heavy atom. The van der Waals surface area contributed by atoms with Gasteiger partial charge in [0.25, 0.3) is 0 Å². The van der Waals surface area contributed by atoms with Gasteiger partial charge in [0, 0.05) is 6.42 Å². The molecule has 0 rings (SSSR count). The van der Waals surface area contributed by atoms with Gasteiger partial charge in [0.05, 0.1) is 0 Å². The molecule has 3 heteroatoms. The second-order valence-electron chi connectivity index (χ2n) is 5.02. The number of allylic oxidation sites excluding steroid dienone is 2. The molecule has 0 bridgehead atoms. The van der Waals surface area contributed by atoms with Crippen molar-refractivity contribution < 1.29 is 12.8 Å². The second kappa shape index (κ2) is 18.0. The Hall–Kier alpha value is -0.0238. The van der Waals surface area contributed by atoms with Crippen molar-refractivity contribution in [1.29, 1.82) is 0 Å².